The number of nitrogens with one attached hydrogen (secondary N) is 1. The van der Waals surface area contributed by atoms with Gasteiger partial charge in [-0.05, 0) is 43.3 Å². The fourth-order valence-electron chi connectivity index (χ4n) is 2.55. The number of fused-ring (bicyclic) bond motifs is 1. The Morgan fingerprint density at radius 1 is 1.15 bits per heavy atom. The Kier molecular flexibility index (Phi) is 4.52. The van der Waals surface area contributed by atoms with E-state index in [9.17, 15) is 4.79 Å². The Labute approximate surface area is 158 Å². The summed E-state index contributed by atoms with van der Waals surface area (Å²) in [6.07, 6.45) is 0. The molecular formula is C19H14ClN3O4. The molecule has 4 rings (SSSR count). The fraction of sp³-hybridized carbons (Fsp3) is 0.105. The van der Waals surface area contributed by atoms with E-state index in [0.29, 0.717) is 34.3 Å². The molecule has 0 saturated heterocycles. The van der Waals surface area contributed by atoms with Gasteiger partial charge in [0, 0.05) is 16.0 Å². The van der Waals surface area contributed by atoms with Crippen LogP contribution in [0.3, 0.4) is 0 Å². The fourth-order valence-corrected chi connectivity index (χ4v) is 2.68. The summed E-state index contributed by atoms with van der Waals surface area (Å²) in [6, 6.07) is 13.8. The topological polar surface area (TPSA) is 90.4 Å². The molecule has 2 aromatic carbocycles. The zero-order chi connectivity index (χ0) is 18.8. The van der Waals surface area contributed by atoms with Crippen LogP contribution in [-0.2, 0) is 0 Å². The number of carbonyl (C=O) groups is 1. The number of hydrogen-bond donors (Lipinski definition) is 1. The SMILES string of the molecule is CCOc1cccc2cc(-c3nnc(NC(=O)c4ccc(Cl)cc4)o3)oc12. The molecule has 136 valence electrons. The Bertz CT molecular complexity index is 1100. The van der Waals surface area contributed by atoms with Gasteiger partial charge in [-0.15, -0.1) is 5.10 Å². The molecule has 0 radical (unpaired) electrons. The van der Waals surface area contributed by atoms with E-state index < -0.39 is 0 Å². The maximum Gasteiger partial charge on any atom is 0.322 e. The van der Waals surface area contributed by atoms with Crippen LogP contribution < -0.4 is 10.1 Å². The highest BCUT2D eigenvalue weighted by Gasteiger charge is 2.17. The van der Waals surface area contributed by atoms with E-state index in [1.54, 1.807) is 30.3 Å². The first-order valence-corrected chi connectivity index (χ1v) is 8.58. The van der Waals surface area contributed by atoms with Crippen LogP contribution in [0.4, 0.5) is 6.01 Å². The molecule has 2 aromatic heterocycles. The van der Waals surface area contributed by atoms with Gasteiger partial charge in [0.25, 0.3) is 11.8 Å². The quantitative estimate of drug-likeness (QED) is 0.533. The van der Waals surface area contributed by atoms with E-state index in [-0.39, 0.29) is 17.8 Å². The molecular weight excluding hydrogens is 370 g/mol. The van der Waals surface area contributed by atoms with E-state index >= 15 is 0 Å². The first-order chi connectivity index (χ1) is 13.1. The second-order valence-electron chi connectivity index (χ2n) is 5.59. The van der Waals surface area contributed by atoms with Crippen LogP contribution in [0.5, 0.6) is 5.75 Å². The summed E-state index contributed by atoms with van der Waals surface area (Å²) in [7, 11) is 0. The van der Waals surface area contributed by atoms with Crippen LogP contribution in [0.15, 0.2) is 57.4 Å². The predicted molar refractivity (Wildman–Crippen MR) is 100 cm³/mol. The number of nitrogens with zero attached hydrogens (tertiary/aromatic N) is 2. The van der Waals surface area contributed by atoms with Crippen LogP contribution in [0.1, 0.15) is 17.3 Å². The third-order valence-electron chi connectivity index (χ3n) is 3.77. The first-order valence-electron chi connectivity index (χ1n) is 8.20. The molecule has 0 aliphatic heterocycles. The molecule has 8 heteroatoms. The van der Waals surface area contributed by atoms with Crippen LogP contribution in [0.25, 0.3) is 22.6 Å². The number of benzene rings is 2. The molecule has 0 unspecified atom stereocenters. The van der Waals surface area contributed by atoms with Crippen molar-refractivity contribution in [3.05, 3.63) is 59.1 Å². The molecule has 0 aliphatic rings. The van der Waals surface area contributed by atoms with Crippen molar-refractivity contribution in [3.8, 4) is 17.4 Å². The minimum atomic E-state index is -0.384. The molecule has 0 saturated carbocycles. The Morgan fingerprint density at radius 2 is 1.96 bits per heavy atom. The normalized spacial score (nSPS) is 10.9. The van der Waals surface area contributed by atoms with Crippen molar-refractivity contribution in [1.82, 2.24) is 10.2 Å². The van der Waals surface area contributed by atoms with Crippen molar-refractivity contribution < 1.29 is 18.4 Å². The molecule has 7 nitrogen and oxygen atoms in total. The van der Waals surface area contributed by atoms with Crippen molar-refractivity contribution in [2.75, 3.05) is 11.9 Å². The lowest BCUT2D eigenvalue weighted by Gasteiger charge is -2.01. The number of hydrogen-bond acceptors (Lipinski definition) is 6. The van der Waals surface area contributed by atoms with Crippen LogP contribution in [-0.4, -0.2) is 22.7 Å². The van der Waals surface area contributed by atoms with Crippen molar-refractivity contribution >= 4 is 34.5 Å². The molecule has 4 aromatic rings. The van der Waals surface area contributed by atoms with Crippen molar-refractivity contribution in [3.63, 3.8) is 0 Å². The van der Waals surface area contributed by atoms with Crippen LogP contribution in [0, 0.1) is 0 Å². The van der Waals surface area contributed by atoms with Gasteiger partial charge in [-0.25, -0.2) is 0 Å². The molecule has 1 amide bonds. The van der Waals surface area contributed by atoms with Crippen molar-refractivity contribution in [2.45, 2.75) is 6.92 Å². The highest BCUT2D eigenvalue weighted by Crippen LogP contribution is 2.33. The summed E-state index contributed by atoms with van der Waals surface area (Å²) in [6.45, 7) is 2.42. The molecule has 27 heavy (non-hydrogen) atoms. The summed E-state index contributed by atoms with van der Waals surface area (Å²) in [5.41, 5.74) is 1.02. The van der Waals surface area contributed by atoms with Gasteiger partial charge < -0.3 is 13.6 Å². The molecule has 0 aliphatic carbocycles. The molecule has 2 heterocycles. The third kappa shape index (κ3) is 3.50. The lowest BCUT2D eigenvalue weighted by atomic mass is 10.2. The summed E-state index contributed by atoms with van der Waals surface area (Å²) < 4.78 is 16.9. The average Bonchev–Trinajstić information content (AvgIpc) is 3.29. The highest BCUT2D eigenvalue weighted by molar-refractivity contribution is 6.30. The summed E-state index contributed by atoms with van der Waals surface area (Å²) >= 11 is 5.82. The van der Waals surface area contributed by atoms with E-state index in [1.807, 2.05) is 25.1 Å². The lowest BCUT2D eigenvalue weighted by molar-refractivity contribution is 0.102. The molecule has 1 N–H and O–H groups in total. The lowest BCUT2D eigenvalue weighted by Crippen LogP contribution is -2.11. The second kappa shape index (κ2) is 7.13. The summed E-state index contributed by atoms with van der Waals surface area (Å²) in [5.74, 6) is 0.791. The van der Waals surface area contributed by atoms with E-state index in [0.717, 1.165) is 5.39 Å². The number of aromatic nitrogens is 2. The Hall–Kier alpha value is -3.32. The number of halogens is 1. The van der Waals surface area contributed by atoms with Gasteiger partial charge in [0.05, 0.1) is 6.61 Å². The standard InChI is InChI=1S/C19H14ClN3O4/c1-2-25-14-5-3-4-12-10-15(26-16(12)14)18-22-23-19(27-18)21-17(24)11-6-8-13(20)9-7-11/h3-10H,2H2,1H3,(H,21,23,24). The smallest absolute Gasteiger partial charge is 0.322 e. The van der Waals surface area contributed by atoms with Gasteiger partial charge >= 0.3 is 6.01 Å². The van der Waals surface area contributed by atoms with Gasteiger partial charge in [0.1, 0.15) is 0 Å². The maximum atomic E-state index is 12.2. The third-order valence-corrected chi connectivity index (χ3v) is 4.02. The van der Waals surface area contributed by atoms with Gasteiger partial charge in [-0.2, -0.15) is 0 Å². The summed E-state index contributed by atoms with van der Waals surface area (Å²) in [4.78, 5) is 12.2. The average molecular weight is 384 g/mol. The van der Waals surface area contributed by atoms with E-state index in [4.69, 9.17) is 25.2 Å². The Morgan fingerprint density at radius 3 is 2.74 bits per heavy atom. The number of rotatable bonds is 5. The number of carbonyl (C=O) groups excluding carboxylic acids is 1. The van der Waals surface area contributed by atoms with Gasteiger partial charge in [0.15, 0.2) is 17.1 Å². The van der Waals surface area contributed by atoms with Crippen LogP contribution >= 0.6 is 11.6 Å². The monoisotopic (exact) mass is 383 g/mol. The largest absolute Gasteiger partial charge is 0.490 e. The molecule has 0 bridgehead atoms. The zero-order valence-corrected chi connectivity index (χ0v) is 15.0. The number of amides is 1. The maximum absolute atomic E-state index is 12.2. The number of para-hydroxylation sites is 1. The summed E-state index contributed by atoms with van der Waals surface area (Å²) in [5, 5.41) is 11.7. The Balaban J connectivity index is 1.57. The van der Waals surface area contributed by atoms with Gasteiger partial charge in [-0.3, -0.25) is 10.1 Å². The van der Waals surface area contributed by atoms with E-state index in [1.165, 1.54) is 0 Å². The van der Waals surface area contributed by atoms with Crippen LogP contribution in [0.2, 0.25) is 5.02 Å². The molecule has 0 atom stereocenters. The molecule has 0 fully saturated rings. The zero-order valence-electron chi connectivity index (χ0n) is 14.2. The predicted octanol–water partition coefficient (Wildman–Crippen LogP) is 4.79. The van der Waals surface area contributed by atoms with E-state index in [2.05, 4.69) is 15.5 Å². The van der Waals surface area contributed by atoms with Crippen molar-refractivity contribution in [2.24, 2.45) is 0 Å². The minimum Gasteiger partial charge on any atom is -0.490 e. The van der Waals surface area contributed by atoms with Gasteiger partial charge in [-0.1, -0.05) is 28.8 Å². The van der Waals surface area contributed by atoms with Gasteiger partial charge in [0.2, 0.25) is 0 Å². The number of furan rings is 1. The number of ether oxygens (including phenoxy) is 1. The van der Waals surface area contributed by atoms with Crippen molar-refractivity contribution in [1.29, 1.82) is 0 Å². The highest BCUT2D eigenvalue weighted by atomic mass is 35.5. The second-order valence-corrected chi connectivity index (χ2v) is 6.03. The minimum absolute atomic E-state index is 0.0320. The first kappa shape index (κ1) is 17.1. The molecule has 0 spiro atoms. The number of anilines is 1.